The number of likely N-dealkylation sites (N-methyl/N-ethyl adjacent to an activating group) is 1. The number of amides is 2. The molecule has 0 aliphatic heterocycles. The first kappa shape index (κ1) is 19.2. The van der Waals surface area contributed by atoms with Crippen LogP contribution >= 0.6 is 0 Å². The Hall–Kier alpha value is -3.15. The number of rotatable bonds is 7. The fraction of sp³-hybridized carbons (Fsp3) is 0.250. The van der Waals surface area contributed by atoms with Gasteiger partial charge in [-0.05, 0) is 16.7 Å². The van der Waals surface area contributed by atoms with Crippen LogP contribution in [0.3, 0.4) is 0 Å². The van der Waals surface area contributed by atoms with E-state index >= 15 is 0 Å². The zero-order valence-electron chi connectivity index (χ0n) is 14.9. The first-order chi connectivity index (χ1) is 12.5. The highest BCUT2D eigenvalue weighted by molar-refractivity contribution is 5.86. The van der Waals surface area contributed by atoms with E-state index < -0.39 is 18.5 Å². The first-order valence-corrected chi connectivity index (χ1v) is 8.22. The second-order valence-corrected chi connectivity index (χ2v) is 5.97. The van der Waals surface area contributed by atoms with E-state index in [0.717, 1.165) is 16.7 Å². The van der Waals surface area contributed by atoms with E-state index in [1.807, 2.05) is 54.6 Å². The molecule has 0 bridgehead atoms. The van der Waals surface area contributed by atoms with Gasteiger partial charge in [-0.3, -0.25) is 14.4 Å². The van der Waals surface area contributed by atoms with Crippen LogP contribution < -0.4 is 5.32 Å². The fourth-order valence-electron chi connectivity index (χ4n) is 2.19. The van der Waals surface area contributed by atoms with Gasteiger partial charge < -0.3 is 15.0 Å². The summed E-state index contributed by atoms with van der Waals surface area (Å²) in [5.41, 5.74) is 2.97. The molecule has 0 heterocycles. The molecule has 0 aliphatic rings. The van der Waals surface area contributed by atoms with E-state index in [4.69, 9.17) is 4.74 Å². The third kappa shape index (κ3) is 6.05. The van der Waals surface area contributed by atoms with Crippen molar-refractivity contribution in [3.63, 3.8) is 0 Å². The molecule has 0 saturated heterocycles. The van der Waals surface area contributed by atoms with E-state index in [-0.39, 0.29) is 18.9 Å². The van der Waals surface area contributed by atoms with E-state index in [2.05, 4.69) is 5.32 Å². The van der Waals surface area contributed by atoms with Crippen LogP contribution in [0.15, 0.2) is 54.6 Å². The molecular formula is C20H22N2O4. The van der Waals surface area contributed by atoms with Crippen LogP contribution in [0.25, 0.3) is 11.1 Å². The third-order valence-electron chi connectivity index (χ3n) is 3.71. The Kier molecular flexibility index (Phi) is 6.91. The normalized spacial score (nSPS) is 10.1. The molecule has 0 unspecified atom stereocenters. The van der Waals surface area contributed by atoms with Crippen molar-refractivity contribution in [1.29, 1.82) is 0 Å². The first-order valence-electron chi connectivity index (χ1n) is 8.22. The summed E-state index contributed by atoms with van der Waals surface area (Å²) >= 11 is 0. The largest absolute Gasteiger partial charge is 0.455 e. The Morgan fingerprint density at radius 3 is 2.15 bits per heavy atom. The molecule has 0 radical (unpaired) electrons. The maximum absolute atomic E-state index is 11.8. The predicted octanol–water partition coefficient (Wildman–Crippen LogP) is 1.64. The van der Waals surface area contributed by atoms with Gasteiger partial charge in [0.1, 0.15) is 0 Å². The number of carbonyl (C=O) groups excluding carboxylic acids is 3. The van der Waals surface area contributed by atoms with Crippen LogP contribution in [0.5, 0.6) is 0 Å². The van der Waals surface area contributed by atoms with E-state index in [9.17, 15) is 14.4 Å². The monoisotopic (exact) mass is 354 g/mol. The van der Waals surface area contributed by atoms with E-state index in [1.165, 1.54) is 4.90 Å². The zero-order chi connectivity index (χ0) is 18.9. The summed E-state index contributed by atoms with van der Waals surface area (Å²) in [5.74, 6) is -1.23. The summed E-state index contributed by atoms with van der Waals surface area (Å²) in [7, 11) is 3.19. The molecule has 0 spiro atoms. The van der Waals surface area contributed by atoms with E-state index in [0.29, 0.717) is 0 Å². The number of esters is 1. The molecule has 0 aromatic heterocycles. The average molecular weight is 354 g/mol. The van der Waals surface area contributed by atoms with Crippen LogP contribution in [0.1, 0.15) is 5.56 Å². The highest BCUT2D eigenvalue weighted by Gasteiger charge is 2.11. The molecule has 0 aliphatic carbocycles. The van der Waals surface area contributed by atoms with Crippen LogP contribution in [0.4, 0.5) is 0 Å². The molecule has 2 amide bonds. The van der Waals surface area contributed by atoms with Crippen LogP contribution in [0, 0.1) is 0 Å². The van der Waals surface area contributed by atoms with Gasteiger partial charge in [-0.25, -0.2) is 0 Å². The van der Waals surface area contributed by atoms with Crippen molar-refractivity contribution in [3.05, 3.63) is 60.2 Å². The lowest BCUT2D eigenvalue weighted by molar-refractivity contribution is -0.148. The quantitative estimate of drug-likeness (QED) is 0.767. The van der Waals surface area contributed by atoms with Gasteiger partial charge in [0.15, 0.2) is 6.61 Å². The minimum absolute atomic E-state index is 0.0823. The fourth-order valence-corrected chi connectivity index (χ4v) is 2.19. The Balaban J connectivity index is 1.77. The molecule has 1 N–H and O–H groups in total. The Labute approximate surface area is 152 Å². The van der Waals surface area contributed by atoms with Gasteiger partial charge >= 0.3 is 5.97 Å². The summed E-state index contributed by atoms with van der Waals surface area (Å²) in [5, 5.41) is 2.40. The maximum Gasteiger partial charge on any atom is 0.310 e. The van der Waals surface area contributed by atoms with Gasteiger partial charge in [-0.2, -0.15) is 0 Å². The van der Waals surface area contributed by atoms with Gasteiger partial charge in [-0.1, -0.05) is 54.6 Å². The lowest BCUT2D eigenvalue weighted by atomic mass is 10.0. The van der Waals surface area contributed by atoms with Crippen LogP contribution in [0.2, 0.25) is 0 Å². The molecule has 6 nitrogen and oxygen atoms in total. The summed E-state index contributed by atoms with van der Waals surface area (Å²) < 4.78 is 4.94. The molecule has 2 rings (SSSR count). The highest BCUT2D eigenvalue weighted by atomic mass is 16.5. The number of benzene rings is 2. The molecular weight excluding hydrogens is 332 g/mol. The maximum atomic E-state index is 11.8. The van der Waals surface area contributed by atoms with Crippen LogP contribution in [-0.2, 0) is 25.5 Å². The minimum Gasteiger partial charge on any atom is -0.455 e. The smallest absolute Gasteiger partial charge is 0.310 e. The topological polar surface area (TPSA) is 75.7 Å². The standard InChI is InChI=1S/C20H22N2O4/c1-22(2)19(24)13-21-18(23)14-26-20(25)12-15-8-10-17(11-9-15)16-6-4-3-5-7-16/h3-11H,12-14H2,1-2H3,(H,21,23). The Bertz CT molecular complexity index is 755. The molecule has 6 heteroatoms. The lowest BCUT2D eigenvalue weighted by Crippen LogP contribution is -2.38. The van der Waals surface area contributed by atoms with Crippen molar-refractivity contribution in [2.45, 2.75) is 6.42 Å². The predicted molar refractivity (Wildman–Crippen MR) is 98.2 cm³/mol. The van der Waals surface area contributed by atoms with Gasteiger partial charge in [0, 0.05) is 14.1 Å². The molecule has 0 fully saturated rings. The number of carbonyl (C=O) groups is 3. The van der Waals surface area contributed by atoms with Crippen molar-refractivity contribution >= 4 is 17.8 Å². The summed E-state index contributed by atoms with van der Waals surface area (Å²) in [4.78, 5) is 36.1. The Morgan fingerprint density at radius 1 is 0.923 bits per heavy atom. The molecule has 0 atom stereocenters. The Morgan fingerprint density at radius 2 is 1.54 bits per heavy atom. The third-order valence-corrected chi connectivity index (χ3v) is 3.71. The summed E-state index contributed by atoms with van der Waals surface area (Å²) in [6, 6.07) is 17.5. The minimum atomic E-state index is -0.507. The lowest BCUT2D eigenvalue weighted by Gasteiger charge is -2.11. The number of nitrogens with zero attached hydrogens (tertiary/aromatic N) is 1. The van der Waals surface area contributed by atoms with Crippen molar-refractivity contribution in [2.75, 3.05) is 27.2 Å². The number of hydrogen-bond acceptors (Lipinski definition) is 4. The molecule has 26 heavy (non-hydrogen) atoms. The number of ether oxygens (including phenoxy) is 1. The summed E-state index contributed by atoms with van der Waals surface area (Å²) in [6.45, 7) is -0.522. The SMILES string of the molecule is CN(C)C(=O)CNC(=O)COC(=O)Cc1ccc(-c2ccccc2)cc1. The highest BCUT2D eigenvalue weighted by Crippen LogP contribution is 2.19. The summed E-state index contributed by atoms with van der Waals surface area (Å²) in [6.07, 6.45) is 0.0823. The van der Waals surface area contributed by atoms with Gasteiger partial charge in [-0.15, -0.1) is 0 Å². The second kappa shape index (κ2) is 9.36. The second-order valence-electron chi connectivity index (χ2n) is 5.97. The van der Waals surface area contributed by atoms with Crippen molar-refractivity contribution in [1.82, 2.24) is 10.2 Å². The van der Waals surface area contributed by atoms with Crippen LogP contribution in [-0.4, -0.2) is 49.9 Å². The molecule has 2 aromatic carbocycles. The van der Waals surface area contributed by atoms with Crippen molar-refractivity contribution in [3.8, 4) is 11.1 Å². The molecule has 136 valence electrons. The zero-order valence-corrected chi connectivity index (χ0v) is 14.9. The van der Waals surface area contributed by atoms with Gasteiger partial charge in [0.05, 0.1) is 13.0 Å². The molecule has 0 saturated carbocycles. The molecule has 2 aromatic rings. The number of nitrogens with one attached hydrogen (secondary N) is 1. The average Bonchev–Trinajstić information content (AvgIpc) is 2.65. The van der Waals surface area contributed by atoms with Gasteiger partial charge in [0.25, 0.3) is 5.91 Å². The van der Waals surface area contributed by atoms with Crippen molar-refractivity contribution < 1.29 is 19.1 Å². The van der Waals surface area contributed by atoms with Crippen molar-refractivity contribution in [2.24, 2.45) is 0 Å². The van der Waals surface area contributed by atoms with E-state index in [1.54, 1.807) is 14.1 Å². The number of hydrogen-bond donors (Lipinski definition) is 1. The van der Waals surface area contributed by atoms with Gasteiger partial charge in [0.2, 0.25) is 5.91 Å².